The summed E-state index contributed by atoms with van der Waals surface area (Å²) in [5.74, 6) is 0.425. The van der Waals surface area contributed by atoms with Crippen LogP contribution in [-0.2, 0) is 16.6 Å². The molecule has 21 heavy (non-hydrogen) atoms. The van der Waals surface area contributed by atoms with Gasteiger partial charge in [0.25, 0.3) is 0 Å². The van der Waals surface area contributed by atoms with Gasteiger partial charge in [0.1, 0.15) is 11.5 Å². The van der Waals surface area contributed by atoms with Gasteiger partial charge in [-0.25, -0.2) is 4.79 Å². The molecule has 0 fully saturated rings. The van der Waals surface area contributed by atoms with Gasteiger partial charge in [0.15, 0.2) is 0 Å². The monoisotopic (exact) mass is 308 g/mol. The van der Waals surface area contributed by atoms with E-state index in [1.807, 2.05) is 31.2 Å². The van der Waals surface area contributed by atoms with Crippen molar-refractivity contribution in [2.75, 3.05) is 12.4 Å². The van der Waals surface area contributed by atoms with Crippen LogP contribution in [-0.4, -0.2) is 27.6 Å². The molecule has 0 spiro atoms. The van der Waals surface area contributed by atoms with Crippen molar-refractivity contribution in [2.24, 2.45) is 0 Å². The average Bonchev–Trinajstić information content (AvgIpc) is 2.87. The molecule has 1 N–H and O–H groups in total. The van der Waals surface area contributed by atoms with E-state index in [1.54, 1.807) is 0 Å². The molecule has 0 saturated heterocycles. The fraction of sp³-hybridized carbons (Fsp3) is 0.267. The first kappa shape index (κ1) is 15.3. The lowest BCUT2D eigenvalue weighted by atomic mass is 10.2. The van der Waals surface area contributed by atoms with Crippen molar-refractivity contribution in [3.8, 4) is 5.75 Å². The normalized spacial score (nSPS) is 12.0. The highest BCUT2D eigenvalue weighted by molar-refractivity contribution is 7.84. The van der Waals surface area contributed by atoms with Crippen molar-refractivity contribution < 1.29 is 23.3 Å². The molecule has 1 unspecified atom stereocenters. The second-order valence-electron chi connectivity index (χ2n) is 4.52. The third-order valence-corrected chi connectivity index (χ3v) is 3.97. The molecule has 0 aliphatic rings. The highest BCUT2D eigenvalue weighted by atomic mass is 32.2. The summed E-state index contributed by atoms with van der Waals surface area (Å²) >= 11 is 0. The molecule has 2 aromatic rings. The lowest BCUT2D eigenvalue weighted by Gasteiger charge is -2.06. The maximum Gasteiger partial charge on any atom is 0.371 e. The number of rotatable bonds is 7. The summed E-state index contributed by atoms with van der Waals surface area (Å²) in [4.78, 5) is 10.7. The first-order valence-electron chi connectivity index (χ1n) is 6.41. The van der Waals surface area contributed by atoms with Crippen LogP contribution >= 0.6 is 0 Å². The summed E-state index contributed by atoms with van der Waals surface area (Å²) in [6, 6.07) is 10.5. The smallest absolute Gasteiger partial charge is 0.371 e. The SMILES string of the molecule is Cc1cccc(OCCS(=O)Cc2ccc(C(=O)O)o2)c1. The molecule has 0 radical (unpaired) electrons. The zero-order valence-corrected chi connectivity index (χ0v) is 12.4. The summed E-state index contributed by atoms with van der Waals surface area (Å²) in [5, 5.41) is 8.73. The molecule has 1 heterocycles. The quantitative estimate of drug-likeness (QED) is 0.851. The van der Waals surface area contributed by atoms with Crippen LogP contribution in [0.3, 0.4) is 0 Å². The van der Waals surface area contributed by atoms with Crippen LogP contribution in [0.15, 0.2) is 40.8 Å². The van der Waals surface area contributed by atoms with E-state index in [-0.39, 0.29) is 11.5 Å². The second kappa shape index (κ2) is 7.08. The molecule has 0 aliphatic heterocycles. The van der Waals surface area contributed by atoms with Gasteiger partial charge < -0.3 is 14.3 Å². The minimum Gasteiger partial charge on any atom is -0.493 e. The minimum atomic E-state index is -1.16. The molecule has 0 saturated carbocycles. The van der Waals surface area contributed by atoms with Gasteiger partial charge in [-0.3, -0.25) is 4.21 Å². The molecule has 0 bridgehead atoms. The maximum absolute atomic E-state index is 11.9. The van der Waals surface area contributed by atoms with Crippen LogP contribution in [0.1, 0.15) is 21.9 Å². The summed E-state index contributed by atoms with van der Waals surface area (Å²) in [7, 11) is -1.16. The first-order valence-corrected chi connectivity index (χ1v) is 7.90. The second-order valence-corrected chi connectivity index (χ2v) is 6.10. The number of carboxylic acid groups (broad SMARTS) is 1. The minimum absolute atomic E-state index is 0.141. The van der Waals surface area contributed by atoms with Crippen molar-refractivity contribution in [3.63, 3.8) is 0 Å². The molecular formula is C15H16O5S. The Hall–Kier alpha value is -2.08. The third-order valence-electron chi connectivity index (χ3n) is 2.74. The lowest BCUT2D eigenvalue weighted by molar-refractivity contribution is 0.0660. The van der Waals surface area contributed by atoms with Gasteiger partial charge in [-0.1, -0.05) is 12.1 Å². The van der Waals surface area contributed by atoms with Gasteiger partial charge in [0.2, 0.25) is 5.76 Å². The summed E-state index contributed by atoms with van der Waals surface area (Å²) < 4.78 is 22.5. The van der Waals surface area contributed by atoms with Gasteiger partial charge in [0.05, 0.1) is 18.1 Å². The van der Waals surface area contributed by atoms with Crippen LogP contribution in [0.5, 0.6) is 5.75 Å². The standard InChI is InChI=1S/C15H16O5S/c1-11-3-2-4-12(9-11)19-7-8-21(18)10-13-5-6-14(20-13)15(16)17/h2-6,9H,7-8,10H2,1H3,(H,16,17). The van der Waals surface area contributed by atoms with E-state index in [2.05, 4.69) is 0 Å². The summed E-state index contributed by atoms with van der Waals surface area (Å²) in [6.45, 7) is 2.31. The molecule has 6 heteroatoms. The molecule has 0 amide bonds. The van der Waals surface area contributed by atoms with E-state index in [1.165, 1.54) is 12.1 Å². The third kappa shape index (κ3) is 4.75. The molecule has 112 valence electrons. The molecule has 1 aromatic carbocycles. The van der Waals surface area contributed by atoms with Crippen molar-refractivity contribution >= 4 is 16.8 Å². The van der Waals surface area contributed by atoms with Crippen LogP contribution < -0.4 is 4.74 Å². The molecule has 2 rings (SSSR count). The predicted octanol–water partition coefficient (Wildman–Crippen LogP) is 2.61. The van der Waals surface area contributed by atoms with E-state index < -0.39 is 16.8 Å². The van der Waals surface area contributed by atoms with E-state index in [0.29, 0.717) is 18.1 Å². The number of carbonyl (C=O) groups is 1. The Morgan fingerprint density at radius 1 is 1.33 bits per heavy atom. The Morgan fingerprint density at radius 2 is 2.14 bits per heavy atom. The number of ether oxygens (including phenoxy) is 1. The summed E-state index contributed by atoms with van der Waals surface area (Å²) in [5.41, 5.74) is 1.10. The number of aryl methyl sites for hydroxylation is 1. The number of hydrogen-bond acceptors (Lipinski definition) is 4. The fourth-order valence-corrected chi connectivity index (χ4v) is 2.64. The summed E-state index contributed by atoms with van der Waals surface area (Å²) in [6.07, 6.45) is 0. The lowest BCUT2D eigenvalue weighted by Crippen LogP contribution is -2.10. The maximum atomic E-state index is 11.9. The number of aromatic carboxylic acids is 1. The van der Waals surface area contributed by atoms with Crippen molar-refractivity contribution in [2.45, 2.75) is 12.7 Å². The van der Waals surface area contributed by atoms with E-state index >= 15 is 0 Å². The van der Waals surface area contributed by atoms with Crippen LogP contribution in [0, 0.1) is 6.92 Å². The molecule has 0 aliphatic carbocycles. The fourth-order valence-electron chi connectivity index (χ4n) is 1.76. The zero-order valence-electron chi connectivity index (χ0n) is 11.6. The Balaban J connectivity index is 1.78. The number of hydrogen-bond donors (Lipinski definition) is 1. The van der Waals surface area contributed by atoms with Crippen molar-refractivity contribution in [1.29, 1.82) is 0 Å². The van der Waals surface area contributed by atoms with Gasteiger partial charge in [-0.15, -0.1) is 0 Å². The van der Waals surface area contributed by atoms with Crippen molar-refractivity contribution in [3.05, 3.63) is 53.5 Å². The Labute approximate surface area is 125 Å². The molecule has 5 nitrogen and oxygen atoms in total. The van der Waals surface area contributed by atoms with E-state index in [9.17, 15) is 9.00 Å². The Morgan fingerprint density at radius 3 is 2.81 bits per heavy atom. The van der Waals surface area contributed by atoms with Crippen LogP contribution in [0.25, 0.3) is 0 Å². The zero-order chi connectivity index (χ0) is 15.2. The topological polar surface area (TPSA) is 76.7 Å². The highest BCUT2D eigenvalue weighted by Crippen LogP contribution is 2.13. The van der Waals surface area contributed by atoms with E-state index in [4.69, 9.17) is 14.3 Å². The largest absolute Gasteiger partial charge is 0.493 e. The molecular weight excluding hydrogens is 292 g/mol. The molecule has 1 atom stereocenters. The predicted molar refractivity (Wildman–Crippen MR) is 79.1 cm³/mol. The van der Waals surface area contributed by atoms with Gasteiger partial charge in [-0.05, 0) is 36.8 Å². The first-order chi connectivity index (χ1) is 10.0. The number of carboxylic acids is 1. The Kier molecular flexibility index (Phi) is 5.16. The van der Waals surface area contributed by atoms with Crippen molar-refractivity contribution in [1.82, 2.24) is 0 Å². The Bertz CT molecular complexity index is 647. The number of furan rings is 1. The average molecular weight is 308 g/mol. The highest BCUT2D eigenvalue weighted by Gasteiger charge is 2.11. The van der Waals surface area contributed by atoms with E-state index in [0.717, 1.165) is 11.3 Å². The van der Waals surface area contributed by atoms with Gasteiger partial charge >= 0.3 is 5.97 Å². The van der Waals surface area contributed by atoms with Crippen LogP contribution in [0.2, 0.25) is 0 Å². The van der Waals surface area contributed by atoms with Gasteiger partial charge in [-0.2, -0.15) is 0 Å². The van der Waals surface area contributed by atoms with Gasteiger partial charge in [0, 0.05) is 10.8 Å². The number of benzene rings is 1. The molecule has 1 aromatic heterocycles. The van der Waals surface area contributed by atoms with Crippen LogP contribution in [0.4, 0.5) is 0 Å².